The van der Waals surface area contributed by atoms with Gasteiger partial charge in [0.25, 0.3) is 5.91 Å². The molecule has 2 aliphatic rings. The Morgan fingerprint density at radius 2 is 1.53 bits per heavy atom. The van der Waals surface area contributed by atoms with Crippen molar-refractivity contribution in [2.24, 2.45) is 0 Å². The molecule has 4 rings (SSSR count). The zero-order valence-corrected chi connectivity index (χ0v) is 17.5. The molecule has 0 radical (unpaired) electrons. The van der Waals surface area contributed by atoms with Crippen molar-refractivity contribution in [3.05, 3.63) is 41.5 Å². The maximum atomic E-state index is 13.2. The van der Waals surface area contributed by atoms with Crippen LogP contribution in [0.25, 0.3) is 0 Å². The third kappa shape index (κ3) is 3.81. The fraction of sp³-hybridized carbons (Fsp3) is 0.455. The van der Waals surface area contributed by atoms with Gasteiger partial charge in [0, 0.05) is 38.8 Å². The lowest BCUT2D eigenvalue weighted by Gasteiger charge is -2.27. The normalized spacial score (nSPS) is 16.1. The molecule has 2 saturated heterocycles. The third-order valence-corrected chi connectivity index (χ3v) is 5.69. The van der Waals surface area contributed by atoms with E-state index in [0.717, 1.165) is 51.9 Å². The maximum Gasteiger partial charge on any atom is 0.345 e. The number of amides is 1. The van der Waals surface area contributed by atoms with Gasteiger partial charge in [0.05, 0.1) is 7.11 Å². The lowest BCUT2D eigenvalue weighted by atomic mass is 10.2. The molecule has 0 N–H and O–H groups in total. The summed E-state index contributed by atoms with van der Waals surface area (Å²) in [6.45, 7) is 3.37. The Hall–Kier alpha value is -3.16. The number of ether oxygens (including phenoxy) is 1. The Balaban J connectivity index is 1.85. The van der Waals surface area contributed by atoms with E-state index in [-0.39, 0.29) is 17.3 Å². The Kier molecular flexibility index (Phi) is 5.83. The van der Waals surface area contributed by atoms with Crippen molar-refractivity contribution >= 4 is 29.5 Å². The highest BCUT2D eigenvalue weighted by molar-refractivity contribution is 6.10. The SMILES string of the molecule is COC(=O)c1c(N2CCCC2)nc(N2CCCC2)nc1N(C)C(=O)c1ccccc1. The van der Waals surface area contributed by atoms with Gasteiger partial charge in [-0.15, -0.1) is 0 Å². The first-order chi connectivity index (χ1) is 14.6. The molecule has 1 amide bonds. The van der Waals surface area contributed by atoms with Gasteiger partial charge in [-0.05, 0) is 37.8 Å². The highest BCUT2D eigenvalue weighted by Gasteiger charge is 2.32. The minimum atomic E-state index is -0.535. The van der Waals surface area contributed by atoms with Crippen LogP contribution in [0, 0.1) is 0 Å². The van der Waals surface area contributed by atoms with Crippen LogP contribution in [0.2, 0.25) is 0 Å². The average Bonchev–Trinajstić information content (AvgIpc) is 3.52. The van der Waals surface area contributed by atoms with Gasteiger partial charge in [-0.2, -0.15) is 9.97 Å². The van der Waals surface area contributed by atoms with Crippen LogP contribution in [0.3, 0.4) is 0 Å². The highest BCUT2D eigenvalue weighted by Crippen LogP contribution is 2.33. The van der Waals surface area contributed by atoms with Gasteiger partial charge in [-0.1, -0.05) is 18.2 Å². The van der Waals surface area contributed by atoms with Crippen molar-refractivity contribution in [1.82, 2.24) is 9.97 Å². The molecular weight excluding hydrogens is 382 g/mol. The summed E-state index contributed by atoms with van der Waals surface area (Å²) in [5.74, 6) is 0.630. The minimum Gasteiger partial charge on any atom is -0.465 e. The van der Waals surface area contributed by atoms with E-state index in [9.17, 15) is 9.59 Å². The van der Waals surface area contributed by atoms with E-state index in [1.54, 1.807) is 19.2 Å². The van der Waals surface area contributed by atoms with Gasteiger partial charge in [0.2, 0.25) is 5.95 Å². The van der Waals surface area contributed by atoms with E-state index >= 15 is 0 Å². The minimum absolute atomic E-state index is 0.237. The average molecular weight is 409 g/mol. The van der Waals surface area contributed by atoms with E-state index < -0.39 is 5.97 Å². The predicted octanol–water partition coefficient (Wildman–Crippen LogP) is 2.74. The molecule has 0 unspecified atom stereocenters. The lowest BCUT2D eigenvalue weighted by molar-refractivity contribution is 0.0601. The summed E-state index contributed by atoms with van der Waals surface area (Å²) in [6.07, 6.45) is 4.24. The number of hydrogen-bond acceptors (Lipinski definition) is 7. The largest absolute Gasteiger partial charge is 0.465 e. The number of hydrogen-bond donors (Lipinski definition) is 0. The zero-order valence-electron chi connectivity index (χ0n) is 17.5. The van der Waals surface area contributed by atoms with E-state index in [1.165, 1.54) is 12.0 Å². The van der Waals surface area contributed by atoms with E-state index in [4.69, 9.17) is 14.7 Å². The number of carbonyl (C=O) groups excluding carboxylic acids is 2. The van der Waals surface area contributed by atoms with Gasteiger partial charge in [0.1, 0.15) is 5.56 Å². The van der Waals surface area contributed by atoms with Gasteiger partial charge >= 0.3 is 5.97 Å². The molecule has 1 aromatic carbocycles. The molecule has 0 aliphatic carbocycles. The molecule has 0 atom stereocenters. The smallest absolute Gasteiger partial charge is 0.345 e. The number of rotatable bonds is 5. The highest BCUT2D eigenvalue weighted by atomic mass is 16.5. The molecule has 2 aromatic rings. The molecule has 0 saturated carbocycles. The quantitative estimate of drug-likeness (QED) is 0.703. The molecule has 2 aliphatic heterocycles. The molecule has 30 heavy (non-hydrogen) atoms. The topological polar surface area (TPSA) is 78.9 Å². The number of anilines is 3. The predicted molar refractivity (Wildman–Crippen MR) is 115 cm³/mol. The number of nitrogens with zero attached hydrogens (tertiary/aromatic N) is 5. The molecule has 8 nitrogen and oxygen atoms in total. The van der Waals surface area contributed by atoms with E-state index in [1.807, 2.05) is 18.2 Å². The number of esters is 1. The van der Waals surface area contributed by atoms with Crippen molar-refractivity contribution < 1.29 is 14.3 Å². The molecule has 0 spiro atoms. The van der Waals surface area contributed by atoms with Crippen LogP contribution in [-0.4, -0.2) is 62.2 Å². The summed E-state index contributed by atoms with van der Waals surface area (Å²) in [5.41, 5.74) is 0.772. The van der Waals surface area contributed by atoms with Crippen LogP contribution in [-0.2, 0) is 4.74 Å². The first kappa shape index (κ1) is 20.1. The Labute approximate surface area is 176 Å². The Morgan fingerprint density at radius 1 is 0.933 bits per heavy atom. The van der Waals surface area contributed by atoms with Gasteiger partial charge in [-0.25, -0.2) is 4.79 Å². The summed E-state index contributed by atoms with van der Waals surface area (Å²) >= 11 is 0. The van der Waals surface area contributed by atoms with Crippen LogP contribution >= 0.6 is 0 Å². The number of methoxy groups -OCH3 is 1. The number of carbonyl (C=O) groups is 2. The summed E-state index contributed by atoms with van der Waals surface area (Å²) < 4.78 is 5.08. The number of benzene rings is 1. The van der Waals surface area contributed by atoms with Crippen LogP contribution in [0.5, 0.6) is 0 Å². The molecule has 1 aromatic heterocycles. The summed E-state index contributed by atoms with van der Waals surface area (Å²) in [7, 11) is 2.99. The van der Waals surface area contributed by atoms with Crippen molar-refractivity contribution in [2.45, 2.75) is 25.7 Å². The molecule has 3 heterocycles. The summed E-state index contributed by atoms with van der Waals surface area (Å²) in [4.78, 5) is 41.1. The zero-order chi connectivity index (χ0) is 21.1. The first-order valence-corrected chi connectivity index (χ1v) is 10.4. The van der Waals surface area contributed by atoms with E-state index in [2.05, 4.69) is 9.80 Å². The van der Waals surface area contributed by atoms with Gasteiger partial charge in [-0.3, -0.25) is 9.69 Å². The van der Waals surface area contributed by atoms with E-state index in [0.29, 0.717) is 17.3 Å². The monoisotopic (exact) mass is 409 g/mol. The summed E-state index contributed by atoms with van der Waals surface area (Å²) in [6, 6.07) is 8.99. The van der Waals surface area contributed by atoms with Crippen molar-refractivity contribution in [1.29, 1.82) is 0 Å². The second kappa shape index (κ2) is 8.69. The van der Waals surface area contributed by atoms with Gasteiger partial charge < -0.3 is 14.5 Å². The molecule has 2 fully saturated rings. The fourth-order valence-electron chi connectivity index (χ4n) is 4.04. The third-order valence-electron chi connectivity index (χ3n) is 5.69. The van der Waals surface area contributed by atoms with Crippen molar-refractivity contribution in [3.8, 4) is 0 Å². The molecular formula is C22H27N5O3. The van der Waals surface area contributed by atoms with Crippen LogP contribution in [0.4, 0.5) is 17.6 Å². The maximum absolute atomic E-state index is 13.2. The van der Waals surface area contributed by atoms with Crippen LogP contribution < -0.4 is 14.7 Å². The van der Waals surface area contributed by atoms with Crippen molar-refractivity contribution in [3.63, 3.8) is 0 Å². The first-order valence-electron chi connectivity index (χ1n) is 10.4. The summed E-state index contributed by atoms with van der Waals surface area (Å²) in [5, 5.41) is 0. The second-order valence-corrected chi connectivity index (χ2v) is 7.66. The van der Waals surface area contributed by atoms with Crippen LogP contribution in [0.1, 0.15) is 46.4 Å². The fourth-order valence-corrected chi connectivity index (χ4v) is 4.04. The van der Waals surface area contributed by atoms with Crippen LogP contribution in [0.15, 0.2) is 30.3 Å². The standard InChI is InChI=1S/C22H27N5O3/c1-25(20(28)16-10-4-3-5-11-16)18-17(21(29)30-2)19(26-12-6-7-13-26)24-22(23-18)27-14-8-9-15-27/h3-5,10-11H,6-9,12-15H2,1-2H3. The Morgan fingerprint density at radius 3 is 2.13 bits per heavy atom. The Bertz CT molecular complexity index is 922. The number of aromatic nitrogens is 2. The second-order valence-electron chi connectivity index (χ2n) is 7.66. The molecule has 158 valence electrons. The van der Waals surface area contributed by atoms with Gasteiger partial charge in [0.15, 0.2) is 11.6 Å². The molecule has 8 heteroatoms. The lowest BCUT2D eigenvalue weighted by Crippen LogP contribution is -2.33. The molecule has 0 bridgehead atoms. The van der Waals surface area contributed by atoms with Crippen molar-refractivity contribution in [2.75, 3.05) is 55.0 Å².